The fourth-order valence-corrected chi connectivity index (χ4v) is 0.594. The van der Waals surface area contributed by atoms with Gasteiger partial charge in [-0.15, -0.1) is 12.4 Å². The minimum absolute atomic E-state index is 0. The molecule has 1 unspecified atom stereocenters. The minimum atomic E-state index is -1.51. The molecule has 0 aliphatic heterocycles. The van der Waals surface area contributed by atoms with Gasteiger partial charge in [0, 0.05) is 6.54 Å². The van der Waals surface area contributed by atoms with E-state index in [2.05, 4.69) is 0 Å². The maximum atomic E-state index is 12.4. The fourth-order valence-electron chi connectivity index (χ4n) is 0.485. The van der Waals surface area contributed by atoms with Gasteiger partial charge in [-0.2, -0.15) is 0 Å². The average molecular weight is 204 g/mol. The number of alkyl halides is 1. The molecule has 0 bridgehead atoms. The zero-order valence-corrected chi connectivity index (χ0v) is 8.08. The summed E-state index contributed by atoms with van der Waals surface area (Å²) in [5.74, 6) is 0. The van der Waals surface area contributed by atoms with Gasteiger partial charge >= 0.3 is 0 Å². The average Bonchev–Trinajstić information content (AvgIpc) is 1.82. The highest BCUT2D eigenvalue weighted by Gasteiger charge is 2.13. The van der Waals surface area contributed by atoms with Gasteiger partial charge in [0.25, 0.3) is 5.24 Å². The van der Waals surface area contributed by atoms with Crippen LogP contribution in [0.1, 0.15) is 6.42 Å². The zero-order chi connectivity index (χ0) is 8.15. The van der Waals surface area contributed by atoms with Gasteiger partial charge in [-0.05, 0) is 32.1 Å². The molecule has 0 spiro atoms. The second-order valence-corrected chi connectivity index (χ2v) is 2.74. The van der Waals surface area contributed by atoms with E-state index in [0.29, 0.717) is 6.54 Å². The Labute approximate surface area is 77.1 Å². The van der Waals surface area contributed by atoms with Crippen molar-refractivity contribution in [2.45, 2.75) is 12.6 Å². The van der Waals surface area contributed by atoms with Crippen LogP contribution in [-0.4, -0.2) is 37.0 Å². The molecule has 0 fully saturated rings. The van der Waals surface area contributed by atoms with E-state index in [4.69, 9.17) is 11.6 Å². The van der Waals surface area contributed by atoms with E-state index in [-0.39, 0.29) is 18.8 Å². The summed E-state index contributed by atoms with van der Waals surface area (Å²) in [7, 11) is 3.62. The van der Waals surface area contributed by atoms with Gasteiger partial charge in [0.15, 0.2) is 6.17 Å². The molecule has 0 aliphatic rings. The number of carbonyl (C=O) groups excluding carboxylic acids is 1. The zero-order valence-electron chi connectivity index (χ0n) is 6.51. The van der Waals surface area contributed by atoms with Crippen molar-refractivity contribution in [3.63, 3.8) is 0 Å². The molecule has 5 heteroatoms. The fraction of sp³-hybridized carbons (Fsp3) is 0.833. The van der Waals surface area contributed by atoms with Crippen molar-refractivity contribution in [1.82, 2.24) is 4.90 Å². The molecule has 11 heavy (non-hydrogen) atoms. The molecular formula is C6H12Cl2FNO. The second-order valence-electron chi connectivity index (χ2n) is 2.36. The third-order valence-electron chi connectivity index (χ3n) is 1.08. The molecule has 2 nitrogen and oxygen atoms in total. The number of carbonyl (C=O) groups is 1. The summed E-state index contributed by atoms with van der Waals surface area (Å²) in [6.45, 7) is 0.541. The summed E-state index contributed by atoms with van der Waals surface area (Å²) in [5, 5.41) is -0.901. The molecule has 0 N–H and O–H groups in total. The lowest BCUT2D eigenvalue weighted by Gasteiger charge is -2.09. The van der Waals surface area contributed by atoms with Crippen LogP contribution in [0.4, 0.5) is 4.39 Å². The van der Waals surface area contributed by atoms with Crippen molar-refractivity contribution in [3.05, 3.63) is 0 Å². The molecule has 0 heterocycles. The van der Waals surface area contributed by atoms with Crippen LogP contribution in [0.15, 0.2) is 0 Å². The molecule has 0 amide bonds. The summed E-state index contributed by atoms with van der Waals surface area (Å²) in [6.07, 6.45) is -1.33. The third kappa shape index (κ3) is 8.04. The molecule has 0 rings (SSSR count). The summed E-state index contributed by atoms with van der Waals surface area (Å²) in [5.41, 5.74) is 0. The number of rotatable bonds is 4. The van der Waals surface area contributed by atoms with E-state index in [0.717, 1.165) is 0 Å². The Balaban J connectivity index is 0. The Morgan fingerprint density at radius 3 is 2.36 bits per heavy atom. The summed E-state index contributed by atoms with van der Waals surface area (Å²) in [6, 6.07) is 0. The Morgan fingerprint density at radius 1 is 1.64 bits per heavy atom. The monoisotopic (exact) mass is 203 g/mol. The van der Waals surface area contributed by atoms with E-state index in [1.54, 1.807) is 4.90 Å². The lowest BCUT2D eigenvalue weighted by atomic mass is 10.3. The Bertz CT molecular complexity index is 121. The highest BCUT2D eigenvalue weighted by Crippen LogP contribution is 2.02. The van der Waals surface area contributed by atoms with Gasteiger partial charge in [-0.25, -0.2) is 4.39 Å². The first-order valence-corrected chi connectivity index (χ1v) is 3.40. The Morgan fingerprint density at radius 2 is 2.09 bits per heavy atom. The van der Waals surface area contributed by atoms with Crippen LogP contribution in [0.25, 0.3) is 0 Å². The maximum Gasteiger partial charge on any atom is 0.255 e. The van der Waals surface area contributed by atoms with Crippen LogP contribution in [-0.2, 0) is 4.79 Å². The second kappa shape index (κ2) is 6.83. The topological polar surface area (TPSA) is 20.3 Å². The standard InChI is InChI=1S/C6H11ClFNO.ClH/c1-9(2)4-3-5(8)6(7)10;/h5H,3-4H2,1-2H3;1H. The normalized spacial score (nSPS) is 12.5. The van der Waals surface area contributed by atoms with Gasteiger partial charge < -0.3 is 4.90 Å². The summed E-state index contributed by atoms with van der Waals surface area (Å²) >= 11 is 4.88. The van der Waals surface area contributed by atoms with Crippen molar-refractivity contribution in [3.8, 4) is 0 Å². The smallest absolute Gasteiger partial charge is 0.255 e. The van der Waals surface area contributed by atoms with Gasteiger partial charge in [0.05, 0.1) is 0 Å². The largest absolute Gasteiger partial charge is 0.309 e. The molecule has 0 aromatic rings. The maximum absolute atomic E-state index is 12.4. The first-order chi connectivity index (χ1) is 4.54. The molecule has 0 aliphatic carbocycles. The van der Waals surface area contributed by atoms with Gasteiger partial charge in [-0.3, -0.25) is 4.79 Å². The molecule has 0 saturated carbocycles. The predicted molar refractivity (Wildman–Crippen MR) is 46.2 cm³/mol. The van der Waals surface area contributed by atoms with E-state index in [9.17, 15) is 9.18 Å². The molecule has 1 atom stereocenters. The Hall–Kier alpha value is 0.140. The van der Waals surface area contributed by atoms with Crippen molar-refractivity contribution in [2.75, 3.05) is 20.6 Å². The number of halogens is 3. The van der Waals surface area contributed by atoms with Crippen LogP contribution in [0.2, 0.25) is 0 Å². The SMILES string of the molecule is CN(C)CCC(F)C(=O)Cl.Cl. The number of hydrogen-bond acceptors (Lipinski definition) is 2. The molecule has 0 aromatic heterocycles. The van der Waals surface area contributed by atoms with Crippen LogP contribution in [0.3, 0.4) is 0 Å². The van der Waals surface area contributed by atoms with Crippen LogP contribution in [0.5, 0.6) is 0 Å². The van der Waals surface area contributed by atoms with Crippen molar-refractivity contribution in [1.29, 1.82) is 0 Å². The lowest BCUT2D eigenvalue weighted by molar-refractivity contribution is -0.116. The van der Waals surface area contributed by atoms with Crippen molar-refractivity contribution in [2.24, 2.45) is 0 Å². The first kappa shape index (κ1) is 13.7. The molecule has 68 valence electrons. The van der Waals surface area contributed by atoms with E-state index in [1.165, 1.54) is 0 Å². The first-order valence-electron chi connectivity index (χ1n) is 3.02. The van der Waals surface area contributed by atoms with E-state index >= 15 is 0 Å². The Kier molecular flexibility index (Phi) is 8.51. The molecular weight excluding hydrogens is 192 g/mol. The van der Waals surface area contributed by atoms with Gasteiger partial charge in [0.1, 0.15) is 0 Å². The van der Waals surface area contributed by atoms with E-state index in [1.807, 2.05) is 14.1 Å². The third-order valence-corrected chi connectivity index (χ3v) is 1.31. The van der Waals surface area contributed by atoms with Crippen molar-refractivity contribution >= 4 is 29.3 Å². The van der Waals surface area contributed by atoms with E-state index < -0.39 is 11.4 Å². The van der Waals surface area contributed by atoms with Gasteiger partial charge in [0.2, 0.25) is 0 Å². The molecule has 0 radical (unpaired) electrons. The number of hydrogen-bond donors (Lipinski definition) is 0. The highest BCUT2D eigenvalue weighted by atomic mass is 35.5. The van der Waals surface area contributed by atoms with Gasteiger partial charge in [-0.1, -0.05) is 0 Å². The molecule has 0 saturated heterocycles. The van der Waals surface area contributed by atoms with Crippen LogP contribution in [0, 0.1) is 0 Å². The van der Waals surface area contributed by atoms with Crippen LogP contribution >= 0.6 is 24.0 Å². The van der Waals surface area contributed by atoms with Crippen molar-refractivity contribution < 1.29 is 9.18 Å². The summed E-state index contributed by atoms with van der Waals surface area (Å²) in [4.78, 5) is 11.9. The minimum Gasteiger partial charge on any atom is -0.309 e. The highest BCUT2D eigenvalue weighted by molar-refractivity contribution is 6.64. The quantitative estimate of drug-likeness (QED) is 0.646. The van der Waals surface area contributed by atoms with Crippen LogP contribution < -0.4 is 0 Å². The number of nitrogens with zero attached hydrogens (tertiary/aromatic N) is 1. The summed E-state index contributed by atoms with van der Waals surface area (Å²) < 4.78 is 12.4. The molecule has 0 aromatic carbocycles. The predicted octanol–water partition coefficient (Wildman–Crippen LogP) is 1.46. The lowest BCUT2D eigenvalue weighted by Crippen LogP contribution is -2.20.